The highest BCUT2D eigenvalue weighted by atomic mass is 35.5. The highest BCUT2D eigenvalue weighted by molar-refractivity contribution is 7.23. The predicted octanol–water partition coefficient (Wildman–Crippen LogP) is 5.42. The van der Waals surface area contributed by atoms with E-state index in [-0.39, 0.29) is 5.91 Å². The summed E-state index contributed by atoms with van der Waals surface area (Å²) in [5.74, 6) is -0.180. The summed E-state index contributed by atoms with van der Waals surface area (Å²) in [6, 6.07) is 15.6. The Morgan fingerprint density at radius 2 is 1.91 bits per heavy atom. The molecule has 6 heteroatoms. The number of carbonyl (C=O) groups is 1. The Morgan fingerprint density at radius 1 is 1.05 bits per heavy atom. The zero-order valence-corrected chi connectivity index (χ0v) is 13.6. The molecule has 2 aromatic heterocycles. The molecule has 4 aromatic rings. The van der Waals surface area contributed by atoms with Crippen molar-refractivity contribution in [2.24, 2.45) is 0 Å². The third-order valence-corrected chi connectivity index (χ3v) is 5.55. The molecule has 0 saturated carbocycles. The van der Waals surface area contributed by atoms with E-state index < -0.39 is 0 Å². The lowest BCUT2D eigenvalue weighted by molar-refractivity contribution is 0.103. The topological polar surface area (TPSA) is 42.0 Å². The van der Waals surface area contributed by atoms with E-state index in [0.29, 0.717) is 14.3 Å². The number of thiophene rings is 1. The van der Waals surface area contributed by atoms with Crippen LogP contribution < -0.4 is 5.32 Å². The highest BCUT2D eigenvalue weighted by Crippen LogP contribution is 2.33. The third-order valence-electron chi connectivity index (χ3n) is 3.30. The fourth-order valence-corrected chi connectivity index (χ4v) is 4.24. The standard InChI is InChI=1S/C16H9ClN2OS2/c17-13-8-7-12(21-13)15(20)19-16-18-11-6-5-9-3-1-2-4-10(9)14(11)22-16/h1-8H,(H,18,19,20). The van der Waals surface area contributed by atoms with Crippen LogP contribution in [-0.2, 0) is 0 Å². The molecule has 0 bridgehead atoms. The van der Waals surface area contributed by atoms with Crippen LogP contribution in [0, 0.1) is 0 Å². The maximum absolute atomic E-state index is 12.2. The molecular formula is C16H9ClN2OS2. The largest absolute Gasteiger partial charge is 0.297 e. The Labute approximate surface area is 139 Å². The van der Waals surface area contributed by atoms with Crippen LogP contribution in [0.25, 0.3) is 21.0 Å². The monoisotopic (exact) mass is 344 g/mol. The molecule has 1 amide bonds. The van der Waals surface area contributed by atoms with Gasteiger partial charge in [0.15, 0.2) is 5.13 Å². The molecular weight excluding hydrogens is 336 g/mol. The second-order valence-electron chi connectivity index (χ2n) is 4.71. The lowest BCUT2D eigenvalue weighted by atomic mass is 10.1. The molecule has 0 radical (unpaired) electrons. The summed E-state index contributed by atoms with van der Waals surface area (Å²) in [5, 5.41) is 5.76. The van der Waals surface area contributed by atoms with Crippen molar-refractivity contribution < 1.29 is 4.79 Å². The molecule has 0 atom stereocenters. The van der Waals surface area contributed by atoms with E-state index in [0.717, 1.165) is 15.6 Å². The Hall–Kier alpha value is -1.95. The van der Waals surface area contributed by atoms with Crippen LogP contribution in [0.3, 0.4) is 0 Å². The van der Waals surface area contributed by atoms with Gasteiger partial charge in [0.25, 0.3) is 5.91 Å². The number of fused-ring (bicyclic) bond motifs is 3. The van der Waals surface area contributed by atoms with Crippen molar-refractivity contribution in [2.45, 2.75) is 0 Å². The van der Waals surface area contributed by atoms with Gasteiger partial charge in [-0.15, -0.1) is 11.3 Å². The summed E-state index contributed by atoms with van der Waals surface area (Å²) < 4.78 is 1.68. The molecule has 0 unspecified atom stereocenters. The maximum atomic E-state index is 12.2. The van der Waals surface area contributed by atoms with Gasteiger partial charge >= 0.3 is 0 Å². The van der Waals surface area contributed by atoms with E-state index >= 15 is 0 Å². The van der Waals surface area contributed by atoms with Crippen molar-refractivity contribution in [3.8, 4) is 0 Å². The molecule has 1 N–H and O–H groups in total. The van der Waals surface area contributed by atoms with E-state index in [9.17, 15) is 4.79 Å². The zero-order valence-electron chi connectivity index (χ0n) is 11.2. The number of thiazole rings is 1. The molecule has 2 heterocycles. The van der Waals surface area contributed by atoms with E-state index in [1.165, 1.54) is 28.1 Å². The molecule has 0 spiro atoms. The Kier molecular flexibility index (Phi) is 3.33. The smallest absolute Gasteiger partial charge is 0.267 e. The SMILES string of the molecule is O=C(Nc1nc2ccc3ccccc3c2s1)c1ccc(Cl)s1. The molecule has 0 saturated heterocycles. The van der Waals surface area contributed by atoms with Crippen molar-refractivity contribution in [1.82, 2.24) is 4.98 Å². The Bertz CT molecular complexity index is 1010. The second kappa shape index (κ2) is 5.35. The number of rotatable bonds is 2. The Balaban J connectivity index is 1.73. The van der Waals surface area contributed by atoms with Gasteiger partial charge < -0.3 is 0 Å². The summed E-state index contributed by atoms with van der Waals surface area (Å²) in [5.41, 5.74) is 0.892. The van der Waals surface area contributed by atoms with Crippen molar-refractivity contribution in [3.63, 3.8) is 0 Å². The van der Waals surface area contributed by atoms with Crippen LogP contribution in [-0.4, -0.2) is 10.9 Å². The number of halogens is 1. The maximum Gasteiger partial charge on any atom is 0.267 e. The molecule has 0 aliphatic carbocycles. The molecule has 0 aliphatic rings. The number of anilines is 1. The van der Waals surface area contributed by atoms with Crippen molar-refractivity contribution >= 4 is 66.3 Å². The molecule has 0 aliphatic heterocycles. The van der Waals surface area contributed by atoms with Gasteiger partial charge in [0, 0.05) is 5.39 Å². The van der Waals surface area contributed by atoms with Gasteiger partial charge in [0.2, 0.25) is 0 Å². The lowest BCUT2D eigenvalue weighted by Gasteiger charge is -1.97. The summed E-state index contributed by atoms with van der Waals surface area (Å²) in [6.07, 6.45) is 0. The fraction of sp³-hybridized carbons (Fsp3) is 0. The molecule has 4 rings (SSSR count). The highest BCUT2D eigenvalue weighted by Gasteiger charge is 2.13. The van der Waals surface area contributed by atoms with E-state index in [1.54, 1.807) is 12.1 Å². The average molecular weight is 345 g/mol. The lowest BCUT2D eigenvalue weighted by Crippen LogP contribution is -2.09. The minimum Gasteiger partial charge on any atom is -0.297 e. The predicted molar refractivity (Wildman–Crippen MR) is 94.4 cm³/mol. The third kappa shape index (κ3) is 2.37. The van der Waals surface area contributed by atoms with E-state index in [1.807, 2.05) is 24.3 Å². The number of carbonyl (C=O) groups excluding carboxylic acids is 1. The molecule has 3 nitrogen and oxygen atoms in total. The number of benzene rings is 2. The first-order valence-corrected chi connectivity index (χ1v) is 8.57. The number of amides is 1. The molecule has 0 fully saturated rings. The van der Waals surface area contributed by atoms with Crippen LogP contribution in [0.1, 0.15) is 9.67 Å². The van der Waals surface area contributed by atoms with Gasteiger partial charge in [-0.2, -0.15) is 0 Å². The van der Waals surface area contributed by atoms with Gasteiger partial charge in [0.1, 0.15) is 0 Å². The fourth-order valence-electron chi connectivity index (χ4n) is 2.30. The second-order valence-corrected chi connectivity index (χ2v) is 7.43. The summed E-state index contributed by atoms with van der Waals surface area (Å²) in [7, 11) is 0. The van der Waals surface area contributed by atoms with Gasteiger partial charge in [-0.3, -0.25) is 10.1 Å². The first kappa shape index (κ1) is 13.7. The first-order chi connectivity index (χ1) is 10.7. The number of nitrogens with zero attached hydrogens (tertiary/aromatic N) is 1. The first-order valence-electron chi connectivity index (χ1n) is 6.56. The number of nitrogens with one attached hydrogen (secondary N) is 1. The van der Waals surface area contributed by atoms with Gasteiger partial charge in [0.05, 0.1) is 19.4 Å². The van der Waals surface area contributed by atoms with Crippen LogP contribution in [0.15, 0.2) is 48.5 Å². The van der Waals surface area contributed by atoms with Gasteiger partial charge in [-0.1, -0.05) is 53.3 Å². The number of aromatic nitrogens is 1. The van der Waals surface area contributed by atoms with Crippen LogP contribution >= 0.6 is 34.3 Å². The Morgan fingerprint density at radius 3 is 2.73 bits per heavy atom. The van der Waals surface area contributed by atoms with Crippen LogP contribution in [0.4, 0.5) is 5.13 Å². The molecule has 2 aromatic carbocycles. The molecule has 22 heavy (non-hydrogen) atoms. The number of hydrogen-bond donors (Lipinski definition) is 1. The summed E-state index contributed by atoms with van der Waals surface area (Å²) in [6.45, 7) is 0. The van der Waals surface area contributed by atoms with Gasteiger partial charge in [-0.25, -0.2) is 4.98 Å². The number of hydrogen-bond acceptors (Lipinski definition) is 4. The molecule has 108 valence electrons. The van der Waals surface area contributed by atoms with E-state index in [4.69, 9.17) is 11.6 Å². The van der Waals surface area contributed by atoms with Crippen molar-refractivity contribution in [1.29, 1.82) is 0 Å². The zero-order chi connectivity index (χ0) is 15.1. The quantitative estimate of drug-likeness (QED) is 0.527. The average Bonchev–Trinajstić information content (AvgIpc) is 3.13. The van der Waals surface area contributed by atoms with Crippen molar-refractivity contribution in [2.75, 3.05) is 5.32 Å². The summed E-state index contributed by atoms with van der Waals surface area (Å²) in [4.78, 5) is 17.2. The van der Waals surface area contributed by atoms with Gasteiger partial charge in [-0.05, 0) is 23.6 Å². The summed E-state index contributed by atoms with van der Waals surface area (Å²) >= 11 is 8.60. The normalized spacial score (nSPS) is 11.1. The van der Waals surface area contributed by atoms with E-state index in [2.05, 4.69) is 22.4 Å². The van der Waals surface area contributed by atoms with Crippen LogP contribution in [0.2, 0.25) is 4.34 Å². The minimum absolute atomic E-state index is 0.180. The van der Waals surface area contributed by atoms with Crippen LogP contribution in [0.5, 0.6) is 0 Å². The van der Waals surface area contributed by atoms with Crippen molar-refractivity contribution in [3.05, 3.63) is 57.7 Å². The minimum atomic E-state index is -0.180.